The van der Waals surface area contributed by atoms with Gasteiger partial charge in [-0.3, -0.25) is 4.72 Å². The summed E-state index contributed by atoms with van der Waals surface area (Å²) in [6.45, 7) is 3.37. The smallest absolute Gasteiger partial charge is 0.301 e. The normalized spacial score (nSPS) is 17.7. The Balaban J connectivity index is 2.19. The molecule has 0 amide bonds. The second-order valence-corrected chi connectivity index (χ2v) is 6.11. The summed E-state index contributed by atoms with van der Waals surface area (Å²) in [6, 6.07) is 5.13. The van der Waals surface area contributed by atoms with Crippen LogP contribution >= 0.6 is 11.6 Å². The second kappa shape index (κ2) is 5.44. The fourth-order valence-corrected chi connectivity index (χ4v) is 3.14. The maximum atomic E-state index is 12.1. The van der Waals surface area contributed by atoms with Gasteiger partial charge in [0.25, 0.3) is 0 Å². The summed E-state index contributed by atoms with van der Waals surface area (Å²) in [6.07, 6.45) is 0. The lowest BCUT2D eigenvalue weighted by Crippen LogP contribution is -2.43. The number of anilines is 1. The van der Waals surface area contributed by atoms with Crippen LogP contribution in [0.4, 0.5) is 5.69 Å². The van der Waals surface area contributed by atoms with E-state index in [-0.39, 0.29) is 0 Å². The van der Waals surface area contributed by atoms with Gasteiger partial charge in [-0.15, -0.1) is 0 Å². The molecule has 5 nitrogen and oxygen atoms in total. The van der Waals surface area contributed by atoms with Crippen molar-refractivity contribution in [2.45, 2.75) is 6.92 Å². The van der Waals surface area contributed by atoms with Crippen LogP contribution in [0.1, 0.15) is 5.56 Å². The molecule has 1 heterocycles. The third-order valence-corrected chi connectivity index (χ3v) is 4.75. The molecule has 0 saturated carbocycles. The number of hydrogen-bond acceptors (Lipinski definition) is 3. The van der Waals surface area contributed by atoms with Crippen molar-refractivity contribution in [3.05, 3.63) is 28.8 Å². The lowest BCUT2D eigenvalue weighted by atomic mass is 10.2. The van der Waals surface area contributed by atoms with Gasteiger partial charge in [0.2, 0.25) is 0 Å². The highest BCUT2D eigenvalue weighted by atomic mass is 35.5. The average molecular weight is 291 g/mol. The van der Waals surface area contributed by atoms with Gasteiger partial charge in [-0.05, 0) is 24.6 Å². The van der Waals surface area contributed by atoms with E-state index in [4.69, 9.17) is 16.3 Å². The highest BCUT2D eigenvalue weighted by molar-refractivity contribution is 7.90. The summed E-state index contributed by atoms with van der Waals surface area (Å²) in [5.41, 5.74) is 1.23. The number of ether oxygens (including phenoxy) is 1. The van der Waals surface area contributed by atoms with Gasteiger partial charge >= 0.3 is 10.2 Å². The van der Waals surface area contributed by atoms with E-state index >= 15 is 0 Å². The Kier molecular flexibility index (Phi) is 4.11. The Hall–Kier alpha value is -0.820. The van der Waals surface area contributed by atoms with E-state index < -0.39 is 10.2 Å². The van der Waals surface area contributed by atoms with E-state index in [9.17, 15) is 8.42 Å². The van der Waals surface area contributed by atoms with E-state index in [1.54, 1.807) is 25.1 Å². The van der Waals surface area contributed by atoms with Crippen LogP contribution in [0.2, 0.25) is 5.02 Å². The van der Waals surface area contributed by atoms with Crippen molar-refractivity contribution in [1.29, 1.82) is 0 Å². The zero-order chi connectivity index (χ0) is 13.2. The first-order valence-electron chi connectivity index (χ1n) is 5.61. The first-order chi connectivity index (χ1) is 8.50. The highest BCUT2D eigenvalue weighted by Crippen LogP contribution is 2.24. The van der Waals surface area contributed by atoms with Crippen molar-refractivity contribution >= 4 is 27.5 Å². The first-order valence-corrected chi connectivity index (χ1v) is 7.43. The van der Waals surface area contributed by atoms with Crippen molar-refractivity contribution in [2.75, 3.05) is 31.0 Å². The molecule has 0 unspecified atom stereocenters. The zero-order valence-electron chi connectivity index (χ0n) is 10.0. The molecule has 0 atom stereocenters. The fraction of sp³-hybridized carbons (Fsp3) is 0.455. The third-order valence-electron chi connectivity index (χ3n) is 2.82. The minimum atomic E-state index is -3.53. The number of nitrogens with zero attached hydrogens (tertiary/aromatic N) is 1. The number of rotatable bonds is 3. The molecule has 1 aromatic rings. The maximum Gasteiger partial charge on any atom is 0.301 e. The van der Waals surface area contributed by atoms with Crippen molar-refractivity contribution in [3.8, 4) is 0 Å². The van der Waals surface area contributed by atoms with Gasteiger partial charge in [-0.1, -0.05) is 17.7 Å². The quantitative estimate of drug-likeness (QED) is 0.921. The molecule has 100 valence electrons. The van der Waals surface area contributed by atoms with Gasteiger partial charge < -0.3 is 4.74 Å². The van der Waals surface area contributed by atoms with Crippen LogP contribution in [0.3, 0.4) is 0 Å². The van der Waals surface area contributed by atoms with Crippen molar-refractivity contribution in [3.63, 3.8) is 0 Å². The van der Waals surface area contributed by atoms with E-state index in [0.717, 1.165) is 5.56 Å². The molecule has 1 fully saturated rings. The maximum absolute atomic E-state index is 12.1. The predicted molar refractivity (Wildman–Crippen MR) is 71.1 cm³/mol. The Labute approximate surface area is 112 Å². The van der Waals surface area contributed by atoms with Crippen LogP contribution in [-0.4, -0.2) is 39.0 Å². The molecule has 0 aromatic heterocycles. The Bertz CT molecular complexity index is 527. The van der Waals surface area contributed by atoms with Gasteiger partial charge in [0.15, 0.2) is 0 Å². The highest BCUT2D eigenvalue weighted by Gasteiger charge is 2.24. The summed E-state index contributed by atoms with van der Waals surface area (Å²) < 4.78 is 33.3. The summed E-state index contributed by atoms with van der Waals surface area (Å²) >= 11 is 5.96. The van der Waals surface area contributed by atoms with Crippen LogP contribution in [0, 0.1) is 6.92 Å². The SMILES string of the molecule is Cc1c(Cl)cccc1NS(=O)(=O)N1CCOCC1. The molecule has 0 radical (unpaired) electrons. The minimum absolute atomic E-state index is 0.370. The topological polar surface area (TPSA) is 58.6 Å². The molecule has 1 aliphatic rings. The molecule has 0 spiro atoms. The fourth-order valence-electron chi connectivity index (χ4n) is 1.71. The third kappa shape index (κ3) is 2.95. The molecule has 0 bridgehead atoms. The van der Waals surface area contributed by atoms with Gasteiger partial charge in [-0.25, -0.2) is 0 Å². The molecule has 0 aliphatic carbocycles. The second-order valence-electron chi connectivity index (χ2n) is 4.03. The van der Waals surface area contributed by atoms with Crippen LogP contribution in [0.15, 0.2) is 18.2 Å². The summed E-state index contributed by atoms with van der Waals surface area (Å²) in [4.78, 5) is 0. The predicted octanol–water partition coefficient (Wildman–Crippen LogP) is 1.64. The Morgan fingerprint density at radius 2 is 2.00 bits per heavy atom. The first kappa shape index (κ1) is 13.6. The Morgan fingerprint density at radius 3 is 2.67 bits per heavy atom. The summed E-state index contributed by atoms with van der Waals surface area (Å²) in [5.74, 6) is 0. The van der Waals surface area contributed by atoms with Crippen LogP contribution in [0.5, 0.6) is 0 Å². The van der Waals surface area contributed by atoms with Crippen molar-refractivity contribution in [2.24, 2.45) is 0 Å². The molecular weight excluding hydrogens is 276 g/mol. The van der Waals surface area contributed by atoms with Gasteiger partial charge in [0.1, 0.15) is 0 Å². The molecule has 18 heavy (non-hydrogen) atoms. The van der Waals surface area contributed by atoms with Gasteiger partial charge in [0, 0.05) is 18.1 Å². The van der Waals surface area contributed by atoms with E-state index in [1.165, 1.54) is 4.31 Å². The summed E-state index contributed by atoms with van der Waals surface area (Å²) in [7, 11) is -3.53. The van der Waals surface area contributed by atoms with Gasteiger partial charge in [-0.2, -0.15) is 12.7 Å². The molecule has 1 N–H and O–H groups in total. The Morgan fingerprint density at radius 1 is 1.33 bits per heavy atom. The van der Waals surface area contributed by atoms with Gasteiger partial charge in [0.05, 0.1) is 18.9 Å². The average Bonchev–Trinajstić information content (AvgIpc) is 2.36. The summed E-state index contributed by atoms with van der Waals surface area (Å²) in [5, 5.41) is 0.539. The molecule has 1 aliphatic heterocycles. The lowest BCUT2D eigenvalue weighted by Gasteiger charge is -2.26. The molecule has 2 rings (SSSR count). The lowest BCUT2D eigenvalue weighted by molar-refractivity contribution is 0.0733. The van der Waals surface area contributed by atoms with E-state index in [2.05, 4.69) is 4.72 Å². The number of benzene rings is 1. The number of nitrogens with one attached hydrogen (secondary N) is 1. The standard InChI is InChI=1S/C11H15ClN2O3S/c1-9-10(12)3-2-4-11(9)13-18(15,16)14-5-7-17-8-6-14/h2-4,13H,5-8H2,1H3. The van der Waals surface area contributed by atoms with Crippen molar-refractivity contribution < 1.29 is 13.2 Å². The zero-order valence-corrected chi connectivity index (χ0v) is 11.6. The monoisotopic (exact) mass is 290 g/mol. The van der Waals surface area contributed by atoms with Crippen LogP contribution in [0.25, 0.3) is 0 Å². The molecule has 7 heteroatoms. The van der Waals surface area contributed by atoms with Crippen molar-refractivity contribution in [1.82, 2.24) is 4.31 Å². The molecule has 1 saturated heterocycles. The largest absolute Gasteiger partial charge is 0.379 e. The van der Waals surface area contributed by atoms with Crippen LogP contribution in [-0.2, 0) is 14.9 Å². The number of morpholine rings is 1. The molecular formula is C11H15ClN2O3S. The number of hydrogen-bond donors (Lipinski definition) is 1. The van der Waals surface area contributed by atoms with E-state index in [0.29, 0.717) is 37.0 Å². The number of halogens is 1. The van der Waals surface area contributed by atoms with Crippen LogP contribution < -0.4 is 4.72 Å². The van der Waals surface area contributed by atoms with E-state index in [1.807, 2.05) is 0 Å². The molecule has 1 aromatic carbocycles. The minimum Gasteiger partial charge on any atom is -0.379 e.